The summed E-state index contributed by atoms with van der Waals surface area (Å²) in [7, 11) is 1.55. The van der Waals surface area contributed by atoms with Crippen LogP contribution in [0.25, 0.3) is 0 Å². The van der Waals surface area contributed by atoms with Crippen LogP contribution >= 0.6 is 0 Å². The fraction of sp³-hybridized carbons (Fsp3) is 0.800. The van der Waals surface area contributed by atoms with Crippen molar-refractivity contribution in [2.24, 2.45) is 5.92 Å². The highest BCUT2D eigenvalue weighted by Gasteiger charge is 2.34. The maximum absolute atomic E-state index is 11.6. The molecule has 0 aromatic carbocycles. The quantitative estimate of drug-likeness (QED) is 0.648. The molecule has 3 amide bonds. The van der Waals surface area contributed by atoms with Crippen molar-refractivity contribution in [3.63, 3.8) is 0 Å². The highest BCUT2D eigenvalue weighted by atomic mass is 16.2. The Morgan fingerprint density at radius 1 is 1.33 bits per heavy atom. The van der Waals surface area contributed by atoms with Gasteiger partial charge >= 0.3 is 6.03 Å². The fourth-order valence-corrected chi connectivity index (χ4v) is 2.17. The lowest BCUT2D eigenvalue weighted by Gasteiger charge is -2.26. The lowest BCUT2D eigenvalue weighted by atomic mass is 9.98. The molecule has 2 fully saturated rings. The van der Waals surface area contributed by atoms with E-state index in [1.165, 1.54) is 4.90 Å². The minimum Gasteiger partial charge on any atom is -0.317 e. The number of hydrogen-bond donors (Lipinski definition) is 1. The molecule has 2 saturated heterocycles. The molecule has 0 spiro atoms. The van der Waals surface area contributed by atoms with Gasteiger partial charge in [0.2, 0.25) is 5.91 Å². The highest BCUT2D eigenvalue weighted by molar-refractivity contribution is 6.01. The highest BCUT2D eigenvalue weighted by Crippen LogP contribution is 2.17. The number of imide groups is 1. The minimum absolute atomic E-state index is 0.0889. The van der Waals surface area contributed by atoms with E-state index < -0.39 is 0 Å². The number of nitrogens with zero attached hydrogens (tertiary/aromatic N) is 2. The molecule has 2 heterocycles. The van der Waals surface area contributed by atoms with Crippen LogP contribution in [0.4, 0.5) is 4.79 Å². The van der Waals surface area contributed by atoms with Gasteiger partial charge in [0.1, 0.15) is 6.54 Å². The summed E-state index contributed by atoms with van der Waals surface area (Å²) in [5.41, 5.74) is 0. The van der Waals surface area contributed by atoms with Gasteiger partial charge in [-0.05, 0) is 31.8 Å². The van der Waals surface area contributed by atoms with Gasteiger partial charge in [-0.2, -0.15) is 0 Å². The Kier molecular flexibility index (Phi) is 2.90. The summed E-state index contributed by atoms with van der Waals surface area (Å²) in [4.78, 5) is 25.8. The van der Waals surface area contributed by atoms with Crippen LogP contribution in [0.3, 0.4) is 0 Å². The molecule has 15 heavy (non-hydrogen) atoms. The molecular formula is C10H17N3O2. The van der Waals surface area contributed by atoms with Crippen molar-refractivity contribution >= 4 is 11.9 Å². The van der Waals surface area contributed by atoms with Gasteiger partial charge in [-0.25, -0.2) is 4.79 Å². The largest absolute Gasteiger partial charge is 0.326 e. The van der Waals surface area contributed by atoms with Gasteiger partial charge in [-0.15, -0.1) is 0 Å². The monoisotopic (exact) mass is 211 g/mol. The molecule has 5 heteroatoms. The Bertz CT molecular complexity index is 274. The van der Waals surface area contributed by atoms with E-state index in [2.05, 4.69) is 5.32 Å². The summed E-state index contributed by atoms with van der Waals surface area (Å²) < 4.78 is 0. The fourth-order valence-electron chi connectivity index (χ4n) is 2.17. The number of nitrogens with one attached hydrogen (secondary N) is 1. The normalized spacial score (nSPS) is 24.1. The van der Waals surface area contributed by atoms with Crippen LogP contribution in [0.5, 0.6) is 0 Å². The predicted molar refractivity (Wildman–Crippen MR) is 55.3 cm³/mol. The lowest BCUT2D eigenvalue weighted by molar-refractivity contribution is -0.124. The van der Waals surface area contributed by atoms with Crippen LogP contribution in [0, 0.1) is 5.92 Å². The Balaban J connectivity index is 1.89. The first-order chi connectivity index (χ1) is 7.18. The first-order valence-electron chi connectivity index (χ1n) is 5.44. The van der Waals surface area contributed by atoms with E-state index in [9.17, 15) is 9.59 Å². The number of amides is 3. The molecule has 2 aliphatic rings. The average Bonchev–Trinajstić information content (AvgIpc) is 2.48. The van der Waals surface area contributed by atoms with E-state index >= 15 is 0 Å². The maximum atomic E-state index is 11.6. The van der Waals surface area contributed by atoms with Crippen LogP contribution in [-0.4, -0.2) is 55.0 Å². The van der Waals surface area contributed by atoms with Crippen molar-refractivity contribution in [1.29, 1.82) is 0 Å². The summed E-state index contributed by atoms with van der Waals surface area (Å²) in [6.45, 7) is 3.04. The van der Waals surface area contributed by atoms with Crippen molar-refractivity contribution in [3.8, 4) is 0 Å². The number of piperidine rings is 1. The van der Waals surface area contributed by atoms with Crippen LogP contribution in [0.1, 0.15) is 12.8 Å². The third-order valence-corrected chi connectivity index (χ3v) is 3.19. The maximum Gasteiger partial charge on any atom is 0.326 e. The zero-order valence-corrected chi connectivity index (χ0v) is 9.03. The van der Waals surface area contributed by atoms with E-state index in [0.717, 1.165) is 32.5 Å². The first-order valence-corrected chi connectivity index (χ1v) is 5.44. The lowest BCUT2D eigenvalue weighted by Crippen LogP contribution is -2.38. The van der Waals surface area contributed by atoms with Gasteiger partial charge in [0.25, 0.3) is 0 Å². The molecule has 0 radical (unpaired) electrons. The number of rotatable bonds is 2. The first kappa shape index (κ1) is 10.4. The number of carbonyl (C=O) groups is 2. The molecule has 2 rings (SSSR count). The standard InChI is InChI=1S/C10H17N3O2/c1-12-9(14)7-13(10(12)15)6-8-2-4-11-5-3-8/h8,11H,2-7H2,1H3. The van der Waals surface area contributed by atoms with Crippen molar-refractivity contribution in [2.75, 3.05) is 33.2 Å². The average molecular weight is 211 g/mol. The Morgan fingerprint density at radius 2 is 2.00 bits per heavy atom. The zero-order chi connectivity index (χ0) is 10.8. The Labute approximate surface area is 89.4 Å². The van der Waals surface area contributed by atoms with Crippen LogP contribution in [0.15, 0.2) is 0 Å². The van der Waals surface area contributed by atoms with Gasteiger partial charge in [0.05, 0.1) is 0 Å². The molecule has 0 atom stereocenters. The molecule has 0 aliphatic carbocycles. The Hall–Kier alpha value is -1.10. The molecule has 5 nitrogen and oxygen atoms in total. The van der Waals surface area contributed by atoms with E-state index in [0.29, 0.717) is 5.92 Å². The molecule has 1 N–H and O–H groups in total. The summed E-state index contributed by atoms with van der Waals surface area (Å²) in [5, 5.41) is 3.29. The topological polar surface area (TPSA) is 52.7 Å². The predicted octanol–water partition coefficient (Wildman–Crippen LogP) is -0.120. The van der Waals surface area contributed by atoms with Crippen LogP contribution in [-0.2, 0) is 4.79 Å². The van der Waals surface area contributed by atoms with Gasteiger partial charge in [0, 0.05) is 13.6 Å². The minimum atomic E-state index is -0.140. The summed E-state index contributed by atoms with van der Waals surface area (Å²) in [6.07, 6.45) is 2.20. The Morgan fingerprint density at radius 3 is 2.53 bits per heavy atom. The van der Waals surface area contributed by atoms with Gasteiger partial charge in [-0.1, -0.05) is 0 Å². The van der Waals surface area contributed by atoms with Gasteiger partial charge < -0.3 is 10.2 Å². The van der Waals surface area contributed by atoms with Crippen molar-refractivity contribution < 1.29 is 9.59 Å². The van der Waals surface area contributed by atoms with Crippen molar-refractivity contribution in [2.45, 2.75) is 12.8 Å². The summed E-state index contributed by atoms with van der Waals surface area (Å²) in [5.74, 6) is 0.462. The van der Waals surface area contributed by atoms with Crippen LogP contribution < -0.4 is 5.32 Å². The molecule has 0 aromatic rings. The zero-order valence-electron chi connectivity index (χ0n) is 9.03. The van der Waals surface area contributed by atoms with Gasteiger partial charge in [0.15, 0.2) is 0 Å². The molecule has 0 saturated carbocycles. The number of urea groups is 1. The molecule has 84 valence electrons. The van der Waals surface area contributed by atoms with Gasteiger partial charge in [-0.3, -0.25) is 9.69 Å². The second-order valence-electron chi connectivity index (χ2n) is 4.31. The summed E-state index contributed by atoms with van der Waals surface area (Å²) >= 11 is 0. The third-order valence-electron chi connectivity index (χ3n) is 3.19. The molecule has 0 bridgehead atoms. The third kappa shape index (κ3) is 2.12. The van der Waals surface area contributed by atoms with E-state index in [1.54, 1.807) is 11.9 Å². The smallest absolute Gasteiger partial charge is 0.317 e. The van der Waals surface area contributed by atoms with E-state index in [1.807, 2.05) is 0 Å². The SMILES string of the molecule is CN1C(=O)CN(CC2CCNCC2)C1=O. The van der Waals surface area contributed by atoms with Crippen molar-refractivity contribution in [1.82, 2.24) is 15.1 Å². The molecule has 0 aromatic heterocycles. The number of hydrogen-bond acceptors (Lipinski definition) is 3. The summed E-state index contributed by atoms with van der Waals surface area (Å²) in [6, 6.07) is -0.140. The molecular weight excluding hydrogens is 194 g/mol. The van der Waals surface area contributed by atoms with E-state index in [4.69, 9.17) is 0 Å². The number of likely N-dealkylation sites (N-methyl/N-ethyl adjacent to an activating group) is 1. The van der Waals surface area contributed by atoms with E-state index in [-0.39, 0.29) is 18.5 Å². The second kappa shape index (κ2) is 4.18. The number of carbonyl (C=O) groups excluding carboxylic acids is 2. The molecule has 0 unspecified atom stereocenters. The molecule has 2 aliphatic heterocycles. The van der Waals surface area contributed by atoms with Crippen molar-refractivity contribution in [3.05, 3.63) is 0 Å². The second-order valence-corrected chi connectivity index (χ2v) is 4.31. The van der Waals surface area contributed by atoms with Crippen LogP contribution in [0.2, 0.25) is 0 Å².